The number of benzene rings is 1. The van der Waals surface area contributed by atoms with Crippen molar-refractivity contribution in [3.8, 4) is 0 Å². The lowest BCUT2D eigenvalue weighted by Crippen LogP contribution is -2.65. The molecule has 2 fully saturated rings. The molecule has 8 heteroatoms. The zero-order chi connectivity index (χ0) is 18.4. The summed E-state index contributed by atoms with van der Waals surface area (Å²) < 4.78 is 27.8. The first-order valence-corrected chi connectivity index (χ1v) is 9.75. The van der Waals surface area contributed by atoms with Gasteiger partial charge in [0.15, 0.2) is 0 Å². The zero-order valence-corrected chi connectivity index (χ0v) is 15.5. The van der Waals surface area contributed by atoms with Gasteiger partial charge in [0.25, 0.3) is 0 Å². The predicted molar refractivity (Wildman–Crippen MR) is 92.4 cm³/mol. The summed E-state index contributed by atoms with van der Waals surface area (Å²) in [5.41, 5.74) is 0.464. The largest absolute Gasteiger partial charge is 0.346 e. The number of carbonyl (C=O) groups excluding carboxylic acids is 2. The Kier molecular flexibility index (Phi) is 4.36. The summed E-state index contributed by atoms with van der Waals surface area (Å²) in [6.45, 7) is 6.83. The molecule has 1 N–H and O–H groups in total. The number of carbonyl (C=O) groups is 2. The van der Waals surface area contributed by atoms with Crippen LogP contribution in [0.2, 0.25) is 0 Å². The smallest absolute Gasteiger partial charge is 0.312 e. The third-order valence-electron chi connectivity index (χ3n) is 4.71. The Balaban J connectivity index is 1.91. The SMILES string of the molecule is CC(C)(C)c1ccccc1S(=O)(=O)N1CCN2C(=O)C(=O)NC[C@H]2C1. The average Bonchev–Trinajstić information content (AvgIpc) is 2.57. The van der Waals surface area contributed by atoms with Crippen LogP contribution in [0.4, 0.5) is 0 Å². The first-order valence-electron chi connectivity index (χ1n) is 8.31. The van der Waals surface area contributed by atoms with Crippen LogP contribution in [0.1, 0.15) is 26.3 Å². The minimum atomic E-state index is -3.67. The normalized spacial score (nSPS) is 22.5. The lowest BCUT2D eigenvalue weighted by molar-refractivity contribution is -0.151. The van der Waals surface area contributed by atoms with E-state index in [0.717, 1.165) is 5.56 Å². The Morgan fingerprint density at radius 2 is 1.80 bits per heavy atom. The van der Waals surface area contributed by atoms with Gasteiger partial charge in [0.1, 0.15) is 0 Å². The summed E-state index contributed by atoms with van der Waals surface area (Å²) in [6, 6.07) is 6.72. The molecule has 2 aliphatic heterocycles. The molecule has 0 radical (unpaired) electrons. The molecule has 1 atom stereocenters. The van der Waals surface area contributed by atoms with Crippen LogP contribution in [0.5, 0.6) is 0 Å². The summed E-state index contributed by atoms with van der Waals surface area (Å²) in [6.07, 6.45) is 0. The van der Waals surface area contributed by atoms with E-state index >= 15 is 0 Å². The molecule has 1 aromatic rings. The van der Waals surface area contributed by atoms with Crippen LogP contribution in [0, 0.1) is 0 Å². The molecule has 0 spiro atoms. The van der Waals surface area contributed by atoms with Gasteiger partial charge in [-0.15, -0.1) is 0 Å². The second-order valence-corrected chi connectivity index (χ2v) is 9.38. The number of nitrogens with one attached hydrogen (secondary N) is 1. The van der Waals surface area contributed by atoms with Gasteiger partial charge >= 0.3 is 11.8 Å². The number of nitrogens with zero attached hydrogens (tertiary/aromatic N) is 2. The Hall–Kier alpha value is -1.93. The minimum absolute atomic E-state index is 0.187. The Morgan fingerprint density at radius 1 is 1.12 bits per heavy atom. The number of sulfonamides is 1. The van der Waals surface area contributed by atoms with Crippen LogP contribution >= 0.6 is 0 Å². The second-order valence-electron chi connectivity index (χ2n) is 7.47. The van der Waals surface area contributed by atoms with Gasteiger partial charge in [-0.3, -0.25) is 9.59 Å². The molecule has 7 nitrogen and oxygen atoms in total. The van der Waals surface area contributed by atoms with Gasteiger partial charge in [0, 0.05) is 26.2 Å². The van der Waals surface area contributed by atoms with Crippen LogP contribution in [0.25, 0.3) is 0 Å². The zero-order valence-electron chi connectivity index (χ0n) is 14.7. The number of fused-ring (bicyclic) bond motifs is 1. The van der Waals surface area contributed by atoms with Crippen LogP contribution in [-0.4, -0.2) is 61.7 Å². The standard InChI is InChI=1S/C17H23N3O4S/c1-17(2,3)13-6-4-5-7-14(13)25(23,24)19-8-9-20-12(11-19)10-18-15(21)16(20)22/h4-7,12H,8-11H2,1-3H3,(H,18,21)/t12-/m0/s1. The number of piperazine rings is 2. The van der Waals surface area contributed by atoms with Crippen molar-refractivity contribution in [2.45, 2.75) is 37.1 Å². The van der Waals surface area contributed by atoms with E-state index in [-0.39, 0.29) is 37.6 Å². The van der Waals surface area contributed by atoms with Gasteiger partial charge < -0.3 is 10.2 Å². The second kappa shape index (κ2) is 6.10. The van der Waals surface area contributed by atoms with Gasteiger partial charge in [-0.2, -0.15) is 4.31 Å². The fourth-order valence-corrected chi connectivity index (χ4v) is 5.23. The van der Waals surface area contributed by atoms with Crippen molar-refractivity contribution in [2.24, 2.45) is 0 Å². The van der Waals surface area contributed by atoms with Gasteiger partial charge in [-0.05, 0) is 17.0 Å². The first kappa shape index (κ1) is 17.9. The van der Waals surface area contributed by atoms with E-state index in [4.69, 9.17) is 0 Å². The highest BCUT2D eigenvalue weighted by molar-refractivity contribution is 7.89. The molecule has 2 saturated heterocycles. The van der Waals surface area contributed by atoms with Gasteiger partial charge in [0.05, 0.1) is 10.9 Å². The number of hydrogen-bond acceptors (Lipinski definition) is 4. The molecule has 0 unspecified atom stereocenters. The summed E-state index contributed by atoms with van der Waals surface area (Å²) in [5, 5.41) is 2.53. The molecule has 0 saturated carbocycles. The maximum Gasteiger partial charge on any atom is 0.312 e. The fourth-order valence-electron chi connectivity index (χ4n) is 3.35. The highest BCUT2D eigenvalue weighted by atomic mass is 32.2. The number of hydrogen-bond donors (Lipinski definition) is 1. The first-order chi connectivity index (χ1) is 11.6. The van der Waals surface area contributed by atoms with Gasteiger partial charge in [0.2, 0.25) is 10.0 Å². The van der Waals surface area contributed by atoms with Crippen molar-refractivity contribution >= 4 is 21.8 Å². The predicted octanol–water partition coefficient (Wildman–Crippen LogP) is 0.315. The third kappa shape index (κ3) is 3.16. The Labute approximate surface area is 148 Å². The average molecular weight is 365 g/mol. The van der Waals surface area contributed by atoms with Crippen molar-refractivity contribution in [2.75, 3.05) is 26.2 Å². The molecule has 136 valence electrons. The molecule has 2 aliphatic rings. The molecule has 0 aliphatic carbocycles. The molecule has 3 rings (SSSR count). The van der Waals surface area contributed by atoms with E-state index in [2.05, 4.69) is 5.32 Å². The van der Waals surface area contributed by atoms with Crippen molar-refractivity contribution in [1.29, 1.82) is 0 Å². The molecule has 2 heterocycles. The molecular formula is C17H23N3O4S. The highest BCUT2D eigenvalue weighted by Crippen LogP contribution is 2.31. The van der Waals surface area contributed by atoms with Crippen LogP contribution < -0.4 is 5.32 Å². The Bertz CT molecular complexity index is 813. The van der Waals surface area contributed by atoms with Crippen molar-refractivity contribution in [3.05, 3.63) is 29.8 Å². The van der Waals surface area contributed by atoms with E-state index in [0.29, 0.717) is 4.90 Å². The monoisotopic (exact) mass is 365 g/mol. The Morgan fingerprint density at radius 3 is 2.48 bits per heavy atom. The topological polar surface area (TPSA) is 86.8 Å². The van der Waals surface area contributed by atoms with E-state index in [1.165, 1.54) is 9.21 Å². The molecule has 0 aromatic heterocycles. The van der Waals surface area contributed by atoms with Crippen LogP contribution in [0.15, 0.2) is 29.2 Å². The highest BCUT2D eigenvalue weighted by Gasteiger charge is 2.41. The molecule has 2 amide bonds. The van der Waals surface area contributed by atoms with Gasteiger partial charge in [-0.25, -0.2) is 8.42 Å². The molecular weight excluding hydrogens is 342 g/mol. The summed E-state index contributed by atoms with van der Waals surface area (Å²) >= 11 is 0. The quantitative estimate of drug-likeness (QED) is 0.765. The minimum Gasteiger partial charge on any atom is -0.346 e. The fraction of sp³-hybridized carbons (Fsp3) is 0.529. The molecule has 0 bridgehead atoms. The maximum absolute atomic E-state index is 13.2. The van der Waals surface area contributed by atoms with E-state index in [9.17, 15) is 18.0 Å². The maximum atomic E-state index is 13.2. The van der Waals surface area contributed by atoms with E-state index in [1.54, 1.807) is 12.1 Å². The summed E-state index contributed by atoms with van der Waals surface area (Å²) in [5.74, 6) is -1.20. The number of amides is 2. The van der Waals surface area contributed by atoms with E-state index in [1.807, 2.05) is 32.9 Å². The summed E-state index contributed by atoms with van der Waals surface area (Å²) in [7, 11) is -3.67. The van der Waals surface area contributed by atoms with Crippen LogP contribution in [0.3, 0.4) is 0 Å². The molecule has 1 aromatic carbocycles. The lowest BCUT2D eigenvalue weighted by atomic mass is 9.87. The van der Waals surface area contributed by atoms with Crippen molar-refractivity contribution in [1.82, 2.24) is 14.5 Å². The lowest BCUT2D eigenvalue weighted by Gasteiger charge is -2.43. The molecule has 25 heavy (non-hydrogen) atoms. The number of rotatable bonds is 2. The van der Waals surface area contributed by atoms with Gasteiger partial charge in [-0.1, -0.05) is 39.0 Å². The van der Waals surface area contributed by atoms with Crippen molar-refractivity contribution < 1.29 is 18.0 Å². The summed E-state index contributed by atoms with van der Waals surface area (Å²) in [4.78, 5) is 25.2. The van der Waals surface area contributed by atoms with Crippen molar-refractivity contribution in [3.63, 3.8) is 0 Å². The van der Waals surface area contributed by atoms with E-state index < -0.39 is 21.8 Å². The third-order valence-corrected chi connectivity index (χ3v) is 6.63. The van der Waals surface area contributed by atoms with Crippen LogP contribution in [-0.2, 0) is 25.0 Å².